The second-order valence-corrected chi connectivity index (χ2v) is 8.26. The number of rotatable bonds is 9. The number of anilines is 1. The van der Waals surface area contributed by atoms with E-state index in [2.05, 4.69) is 10.5 Å². The highest BCUT2D eigenvalue weighted by atomic mass is 16.5. The molecule has 0 aliphatic rings. The zero-order valence-electron chi connectivity index (χ0n) is 20.3. The number of hydrogen-bond acceptors (Lipinski definition) is 6. The number of likely N-dealkylation sites (N-methyl/N-ethyl adjacent to an activating group) is 1. The van der Waals surface area contributed by atoms with Gasteiger partial charge in [0.25, 0.3) is 5.91 Å². The summed E-state index contributed by atoms with van der Waals surface area (Å²) in [6, 6.07) is 18.7. The molecular formula is C27H31N3O4. The Morgan fingerprint density at radius 1 is 1.00 bits per heavy atom. The summed E-state index contributed by atoms with van der Waals surface area (Å²) < 4.78 is 11.2. The van der Waals surface area contributed by atoms with E-state index in [-0.39, 0.29) is 5.91 Å². The summed E-state index contributed by atoms with van der Waals surface area (Å²) in [4.78, 5) is 14.9. The minimum atomic E-state index is -0.210. The monoisotopic (exact) mass is 461 g/mol. The van der Waals surface area contributed by atoms with E-state index in [0.29, 0.717) is 35.1 Å². The van der Waals surface area contributed by atoms with E-state index in [4.69, 9.17) is 14.7 Å². The lowest BCUT2D eigenvalue weighted by Crippen LogP contribution is -2.19. The van der Waals surface area contributed by atoms with Crippen LogP contribution in [0.1, 0.15) is 28.4 Å². The van der Waals surface area contributed by atoms with E-state index >= 15 is 0 Å². The van der Waals surface area contributed by atoms with Crippen LogP contribution in [0.25, 0.3) is 11.1 Å². The minimum absolute atomic E-state index is 0.210. The molecular weight excluding hydrogens is 430 g/mol. The van der Waals surface area contributed by atoms with Crippen molar-refractivity contribution in [3.8, 4) is 22.6 Å². The van der Waals surface area contributed by atoms with Crippen molar-refractivity contribution in [1.82, 2.24) is 4.90 Å². The largest absolute Gasteiger partial charge is 0.493 e. The Balaban J connectivity index is 1.73. The van der Waals surface area contributed by atoms with Crippen molar-refractivity contribution in [2.24, 2.45) is 5.16 Å². The van der Waals surface area contributed by atoms with Crippen molar-refractivity contribution in [2.45, 2.75) is 13.8 Å². The fourth-order valence-corrected chi connectivity index (χ4v) is 3.48. The molecule has 0 unspecified atom stereocenters. The van der Waals surface area contributed by atoms with Crippen molar-refractivity contribution >= 4 is 17.3 Å². The Morgan fingerprint density at radius 2 is 1.71 bits per heavy atom. The van der Waals surface area contributed by atoms with E-state index in [1.54, 1.807) is 44.4 Å². The minimum Gasteiger partial charge on any atom is -0.493 e. The molecule has 0 aromatic heterocycles. The van der Waals surface area contributed by atoms with E-state index in [1.807, 2.05) is 56.3 Å². The van der Waals surface area contributed by atoms with Crippen LogP contribution in [0.3, 0.4) is 0 Å². The molecule has 0 aliphatic heterocycles. The molecule has 0 atom stereocenters. The zero-order chi connectivity index (χ0) is 24.7. The normalized spacial score (nSPS) is 11.4. The fraction of sp³-hybridized carbons (Fsp3) is 0.259. The van der Waals surface area contributed by atoms with Crippen molar-refractivity contribution in [3.63, 3.8) is 0 Å². The molecule has 3 aromatic carbocycles. The summed E-state index contributed by atoms with van der Waals surface area (Å²) in [7, 11) is 5.54. The van der Waals surface area contributed by atoms with Gasteiger partial charge < -0.3 is 24.9 Å². The second kappa shape index (κ2) is 11.3. The number of carbonyl (C=O) groups is 1. The van der Waals surface area contributed by atoms with Crippen LogP contribution in [-0.4, -0.2) is 56.1 Å². The SMILES string of the molecule is COc1ccc(NC(=O)c2ccc(-c3ccc(/C(C)=N/O)cc3C)cc2)cc1OCCN(C)C. The second-order valence-electron chi connectivity index (χ2n) is 8.26. The van der Waals surface area contributed by atoms with Crippen molar-refractivity contribution in [2.75, 3.05) is 39.7 Å². The van der Waals surface area contributed by atoms with E-state index < -0.39 is 0 Å². The quantitative estimate of drug-likeness (QED) is 0.264. The first kappa shape index (κ1) is 24.8. The van der Waals surface area contributed by atoms with Gasteiger partial charge in [0.1, 0.15) is 6.61 Å². The van der Waals surface area contributed by atoms with Gasteiger partial charge in [-0.05, 0) is 80.5 Å². The van der Waals surface area contributed by atoms with E-state index in [1.165, 1.54) is 0 Å². The lowest BCUT2D eigenvalue weighted by molar-refractivity contribution is 0.102. The predicted octanol–water partition coefficient (Wildman–Crippen LogP) is 5.06. The van der Waals surface area contributed by atoms with Gasteiger partial charge >= 0.3 is 0 Å². The van der Waals surface area contributed by atoms with E-state index in [9.17, 15) is 4.79 Å². The van der Waals surface area contributed by atoms with E-state index in [0.717, 1.165) is 28.8 Å². The molecule has 0 spiro atoms. The summed E-state index contributed by atoms with van der Waals surface area (Å²) >= 11 is 0. The van der Waals surface area contributed by atoms with Gasteiger partial charge in [0.15, 0.2) is 11.5 Å². The van der Waals surface area contributed by atoms with Crippen LogP contribution in [0.15, 0.2) is 65.8 Å². The summed E-state index contributed by atoms with van der Waals surface area (Å²) in [5, 5.41) is 15.2. The highest BCUT2D eigenvalue weighted by molar-refractivity contribution is 6.04. The molecule has 0 radical (unpaired) electrons. The van der Waals surface area contributed by atoms with Gasteiger partial charge in [-0.3, -0.25) is 4.79 Å². The van der Waals surface area contributed by atoms with Crippen molar-refractivity contribution in [3.05, 3.63) is 77.4 Å². The number of oxime groups is 1. The lowest BCUT2D eigenvalue weighted by atomic mass is 9.96. The number of amides is 1. The smallest absolute Gasteiger partial charge is 0.255 e. The Bertz CT molecular complexity index is 1170. The summed E-state index contributed by atoms with van der Waals surface area (Å²) in [5.74, 6) is 0.985. The van der Waals surface area contributed by atoms with Gasteiger partial charge in [0, 0.05) is 23.9 Å². The average molecular weight is 462 g/mol. The molecule has 0 aliphatic carbocycles. The van der Waals surface area contributed by atoms with Crippen LogP contribution < -0.4 is 14.8 Å². The molecule has 3 rings (SSSR count). The van der Waals surface area contributed by atoms with Gasteiger partial charge in [-0.25, -0.2) is 0 Å². The van der Waals surface area contributed by atoms with Crippen molar-refractivity contribution < 1.29 is 19.5 Å². The van der Waals surface area contributed by atoms with Gasteiger partial charge in [-0.2, -0.15) is 0 Å². The molecule has 1 amide bonds. The Morgan fingerprint density at radius 3 is 2.32 bits per heavy atom. The van der Waals surface area contributed by atoms with Crippen LogP contribution in [0.4, 0.5) is 5.69 Å². The van der Waals surface area contributed by atoms with Crippen LogP contribution >= 0.6 is 0 Å². The molecule has 34 heavy (non-hydrogen) atoms. The van der Waals surface area contributed by atoms with Gasteiger partial charge in [-0.15, -0.1) is 0 Å². The highest BCUT2D eigenvalue weighted by Gasteiger charge is 2.11. The molecule has 0 bridgehead atoms. The first-order chi connectivity index (χ1) is 16.3. The number of benzene rings is 3. The lowest BCUT2D eigenvalue weighted by Gasteiger charge is -2.15. The summed E-state index contributed by atoms with van der Waals surface area (Å²) in [5.41, 5.74) is 5.71. The molecule has 3 aromatic rings. The van der Waals surface area contributed by atoms with Crippen LogP contribution in [0, 0.1) is 6.92 Å². The topological polar surface area (TPSA) is 83.4 Å². The Kier molecular flexibility index (Phi) is 8.27. The van der Waals surface area contributed by atoms with Crippen LogP contribution in [0.5, 0.6) is 11.5 Å². The summed E-state index contributed by atoms with van der Waals surface area (Å²) in [6.07, 6.45) is 0. The van der Waals surface area contributed by atoms with Gasteiger partial charge in [0.05, 0.1) is 12.8 Å². The zero-order valence-corrected chi connectivity index (χ0v) is 20.3. The maximum atomic E-state index is 12.8. The molecule has 0 heterocycles. The Hall–Kier alpha value is -3.84. The average Bonchev–Trinajstić information content (AvgIpc) is 2.83. The molecule has 0 saturated heterocycles. The molecule has 0 fully saturated rings. The number of nitrogens with zero attached hydrogens (tertiary/aromatic N) is 2. The Labute approximate surface area is 200 Å². The molecule has 7 heteroatoms. The van der Waals surface area contributed by atoms with Crippen LogP contribution in [0.2, 0.25) is 0 Å². The molecule has 178 valence electrons. The third-order valence-corrected chi connectivity index (χ3v) is 5.47. The standard InChI is InChI=1S/C27H31N3O4/c1-18-16-22(19(2)29-32)10-12-24(18)20-6-8-21(9-7-20)27(31)28-23-11-13-25(33-5)26(17-23)34-15-14-30(3)4/h6-13,16-17,32H,14-15H2,1-5H3,(H,28,31)/b29-19+. The number of ether oxygens (including phenoxy) is 2. The molecule has 7 nitrogen and oxygen atoms in total. The third-order valence-electron chi connectivity index (χ3n) is 5.47. The number of aryl methyl sites for hydroxylation is 1. The number of carbonyl (C=O) groups excluding carboxylic acids is 1. The molecule has 2 N–H and O–H groups in total. The third kappa shape index (κ3) is 6.14. The predicted molar refractivity (Wildman–Crippen MR) is 136 cm³/mol. The summed E-state index contributed by atoms with van der Waals surface area (Å²) in [6.45, 7) is 5.04. The van der Waals surface area contributed by atoms with Crippen LogP contribution in [-0.2, 0) is 0 Å². The molecule has 0 saturated carbocycles. The van der Waals surface area contributed by atoms with Gasteiger partial charge in [-0.1, -0.05) is 29.4 Å². The van der Waals surface area contributed by atoms with Gasteiger partial charge in [0.2, 0.25) is 0 Å². The number of nitrogens with one attached hydrogen (secondary N) is 1. The maximum Gasteiger partial charge on any atom is 0.255 e. The van der Waals surface area contributed by atoms with Crippen molar-refractivity contribution in [1.29, 1.82) is 0 Å². The first-order valence-corrected chi connectivity index (χ1v) is 11.0. The number of hydrogen-bond donors (Lipinski definition) is 2. The fourth-order valence-electron chi connectivity index (χ4n) is 3.48. The highest BCUT2D eigenvalue weighted by Crippen LogP contribution is 2.31. The number of methoxy groups -OCH3 is 1. The maximum absolute atomic E-state index is 12.8. The first-order valence-electron chi connectivity index (χ1n) is 11.0.